The van der Waals surface area contributed by atoms with Crippen molar-refractivity contribution in [2.75, 3.05) is 31.9 Å². The molecule has 4 rings (SSSR count). The number of aromatic nitrogens is 2. The first-order valence-electron chi connectivity index (χ1n) is 11.2. The molecule has 0 bridgehead atoms. The maximum Gasteiger partial charge on any atom is 0.262 e. The van der Waals surface area contributed by atoms with E-state index >= 15 is 0 Å². The Morgan fingerprint density at radius 3 is 2.45 bits per heavy atom. The highest BCUT2D eigenvalue weighted by molar-refractivity contribution is 7.99. The Labute approximate surface area is 201 Å². The first-order chi connectivity index (χ1) is 16.0. The molecule has 0 saturated carbocycles. The maximum absolute atomic E-state index is 13.3. The van der Waals surface area contributed by atoms with Crippen LogP contribution in [0.1, 0.15) is 24.3 Å². The number of fused-ring (bicyclic) bond motifs is 1. The topological polar surface area (TPSA) is 75.5 Å². The van der Waals surface area contributed by atoms with Gasteiger partial charge in [-0.25, -0.2) is 4.98 Å². The number of rotatable bonds is 7. The molecule has 1 fully saturated rings. The predicted molar refractivity (Wildman–Crippen MR) is 133 cm³/mol. The molecule has 0 aliphatic carbocycles. The molecular formula is C24H28N4O3S2. The quantitative estimate of drug-likeness (QED) is 0.381. The number of thioether (sulfide) groups is 1. The van der Waals surface area contributed by atoms with E-state index in [0.29, 0.717) is 49.7 Å². The molecule has 1 aliphatic rings. The van der Waals surface area contributed by atoms with Crippen molar-refractivity contribution in [2.24, 2.45) is 0 Å². The van der Waals surface area contributed by atoms with Crippen molar-refractivity contribution >= 4 is 45.1 Å². The molecule has 0 spiro atoms. The van der Waals surface area contributed by atoms with E-state index in [-0.39, 0.29) is 23.1 Å². The molecule has 3 aromatic rings. The second kappa shape index (κ2) is 10.5. The van der Waals surface area contributed by atoms with Gasteiger partial charge in [-0.3, -0.25) is 19.0 Å². The monoisotopic (exact) mass is 484 g/mol. The second-order valence-corrected chi connectivity index (χ2v) is 10.1. The third-order valence-electron chi connectivity index (χ3n) is 5.88. The summed E-state index contributed by atoms with van der Waals surface area (Å²) in [7, 11) is 0. The van der Waals surface area contributed by atoms with Crippen LogP contribution in [0.5, 0.6) is 0 Å². The highest BCUT2D eigenvalue weighted by atomic mass is 32.2. The van der Waals surface area contributed by atoms with Gasteiger partial charge < -0.3 is 9.80 Å². The number of nitrogens with zero attached hydrogens (tertiary/aromatic N) is 4. The summed E-state index contributed by atoms with van der Waals surface area (Å²) >= 11 is 2.87. The van der Waals surface area contributed by atoms with Gasteiger partial charge in [-0.05, 0) is 24.5 Å². The number of hydrogen-bond acceptors (Lipinski definition) is 6. The fourth-order valence-electron chi connectivity index (χ4n) is 3.90. The molecule has 7 nitrogen and oxygen atoms in total. The average Bonchev–Trinajstić information content (AvgIpc) is 3.26. The lowest BCUT2D eigenvalue weighted by Crippen LogP contribution is -2.50. The fourth-order valence-corrected chi connectivity index (χ4v) is 5.84. The number of thiophene rings is 1. The van der Waals surface area contributed by atoms with Gasteiger partial charge in [-0.15, -0.1) is 11.3 Å². The minimum Gasteiger partial charge on any atom is -0.339 e. The van der Waals surface area contributed by atoms with E-state index in [1.165, 1.54) is 11.8 Å². The van der Waals surface area contributed by atoms with Crippen molar-refractivity contribution in [3.05, 3.63) is 57.2 Å². The predicted octanol–water partition coefficient (Wildman–Crippen LogP) is 3.05. The molecule has 0 atom stereocenters. The van der Waals surface area contributed by atoms with E-state index in [4.69, 9.17) is 4.98 Å². The lowest BCUT2D eigenvalue weighted by Gasteiger charge is -2.34. The van der Waals surface area contributed by atoms with Crippen molar-refractivity contribution in [3.63, 3.8) is 0 Å². The normalized spacial score (nSPS) is 14.1. The Morgan fingerprint density at radius 1 is 1.09 bits per heavy atom. The number of carbonyl (C=O) groups is 2. The zero-order valence-electron chi connectivity index (χ0n) is 19.0. The number of hydrogen-bond donors (Lipinski definition) is 0. The minimum atomic E-state index is -0.0445. The first-order valence-corrected chi connectivity index (χ1v) is 13.0. The van der Waals surface area contributed by atoms with Crippen molar-refractivity contribution in [1.29, 1.82) is 0 Å². The molecule has 0 N–H and O–H groups in total. The minimum absolute atomic E-state index is 0.00702. The van der Waals surface area contributed by atoms with Crippen molar-refractivity contribution in [3.8, 4) is 0 Å². The smallest absolute Gasteiger partial charge is 0.262 e. The van der Waals surface area contributed by atoms with Crippen LogP contribution in [-0.2, 0) is 29.0 Å². The number of aryl methyl sites for hydroxylation is 2. The first kappa shape index (κ1) is 23.5. The Hall–Kier alpha value is -2.65. The summed E-state index contributed by atoms with van der Waals surface area (Å²) in [6.07, 6.45) is 1.57. The Balaban J connectivity index is 1.53. The second-order valence-electron chi connectivity index (χ2n) is 8.05. The highest BCUT2D eigenvalue weighted by Gasteiger charge is 2.23. The van der Waals surface area contributed by atoms with E-state index in [2.05, 4.69) is 6.92 Å². The number of amides is 2. The fraction of sp³-hybridized carbons (Fsp3) is 0.417. The molecule has 9 heteroatoms. The average molecular weight is 485 g/mol. The molecule has 2 amide bonds. The molecule has 1 aliphatic heterocycles. The molecule has 1 aromatic carbocycles. The van der Waals surface area contributed by atoms with Gasteiger partial charge in [0.15, 0.2) is 5.16 Å². The summed E-state index contributed by atoms with van der Waals surface area (Å²) in [6.45, 7) is 6.33. The molecule has 33 heavy (non-hydrogen) atoms. The Kier molecular flexibility index (Phi) is 7.49. The summed E-state index contributed by atoms with van der Waals surface area (Å²) in [5, 5.41) is 1.24. The van der Waals surface area contributed by atoms with E-state index in [1.807, 2.05) is 36.4 Å². The zero-order chi connectivity index (χ0) is 23.4. The van der Waals surface area contributed by atoms with Crippen LogP contribution in [0.25, 0.3) is 10.2 Å². The van der Waals surface area contributed by atoms with E-state index in [9.17, 15) is 14.4 Å². The van der Waals surface area contributed by atoms with Gasteiger partial charge in [0, 0.05) is 44.5 Å². The van der Waals surface area contributed by atoms with Crippen LogP contribution in [0.2, 0.25) is 0 Å². The Morgan fingerprint density at radius 2 is 1.79 bits per heavy atom. The molecule has 2 aromatic heterocycles. The number of benzene rings is 1. The van der Waals surface area contributed by atoms with E-state index in [1.54, 1.807) is 32.6 Å². The van der Waals surface area contributed by atoms with Crippen molar-refractivity contribution in [2.45, 2.75) is 38.4 Å². The van der Waals surface area contributed by atoms with Gasteiger partial charge in [0.05, 0.1) is 11.1 Å². The number of carbonyl (C=O) groups excluding carboxylic acids is 2. The van der Waals surface area contributed by atoms with Crippen LogP contribution in [0.4, 0.5) is 0 Å². The van der Waals surface area contributed by atoms with Crippen LogP contribution in [0.15, 0.2) is 46.3 Å². The zero-order valence-corrected chi connectivity index (χ0v) is 20.6. The molecule has 0 radical (unpaired) electrons. The van der Waals surface area contributed by atoms with E-state index < -0.39 is 0 Å². The summed E-state index contributed by atoms with van der Waals surface area (Å²) in [6, 6.07) is 12.0. The van der Waals surface area contributed by atoms with E-state index in [0.717, 1.165) is 21.7 Å². The van der Waals surface area contributed by atoms with Crippen LogP contribution in [0.3, 0.4) is 0 Å². The highest BCUT2D eigenvalue weighted by Crippen LogP contribution is 2.25. The van der Waals surface area contributed by atoms with Crippen molar-refractivity contribution in [1.82, 2.24) is 19.4 Å². The molecular weight excluding hydrogens is 456 g/mol. The summed E-state index contributed by atoms with van der Waals surface area (Å²) in [4.78, 5) is 47.9. The van der Waals surface area contributed by atoms with Crippen molar-refractivity contribution < 1.29 is 9.59 Å². The van der Waals surface area contributed by atoms with Crippen LogP contribution < -0.4 is 5.56 Å². The largest absolute Gasteiger partial charge is 0.339 e. The van der Waals surface area contributed by atoms with Gasteiger partial charge in [0.1, 0.15) is 4.83 Å². The number of piperazine rings is 1. The van der Waals surface area contributed by atoms with Crippen LogP contribution in [0, 0.1) is 0 Å². The van der Waals surface area contributed by atoms with Gasteiger partial charge in [-0.2, -0.15) is 0 Å². The summed E-state index contributed by atoms with van der Waals surface area (Å²) in [5.74, 6) is 0.265. The van der Waals surface area contributed by atoms with Gasteiger partial charge in [0.2, 0.25) is 11.8 Å². The standard InChI is InChI=1S/C24H28N4O3S2/c1-3-19-15-20-22(33-19)25-24(28(23(20)31)10-9-18-7-5-4-6-8-18)32-16-21(30)27-13-11-26(12-14-27)17(2)29/h4-8,15H,3,9-14,16H2,1-2H3. The lowest BCUT2D eigenvalue weighted by molar-refractivity contribution is -0.136. The van der Waals surface area contributed by atoms with Gasteiger partial charge in [-0.1, -0.05) is 49.0 Å². The molecule has 0 unspecified atom stereocenters. The molecule has 174 valence electrons. The third-order valence-corrected chi connectivity index (χ3v) is 8.02. The summed E-state index contributed by atoms with van der Waals surface area (Å²) < 4.78 is 1.72. The lowest BCUT2D eigenvalue weighted by atomic mass is 10.1. The van der Waals surface area contributed by atoms with Crippen LogP contribution >= 0.6 is 23.1 Å². The van der Waals surface area contributed by atoms with Crippen LogP contribution in [-0.4, -0.2) is 63.1 Å². The Bertz CT molecular complexity index is 1200. The third kappa shape index (κ3) is 5.47. The summed E-state index contributed by atoms with van der Waals surface area (Å²) in [5.41, 5.74) is 1.11. The molecule has 1 saturated heterocycles. The van der Waals surface area contributed by atoms with Gasteiger partial charge >= 0.3 is 0 Å². The maximum atomic E-state index is 13.3. The SMILES string of the molecule is CCc1cc2c(=O)n(CCc3ccccc3)c(SCC(=O)N3CCN(C(C)=O)CC3)nc2s1. The molecule has 3 heterocycles. The van der Waals surface area contributed by atoms with Gasteiger partial charge in [0.25, 0.3) is 5.56 Å².